The summed E-state index contributed by atoms with van der Waals surface area (Å²) >= 11 is 1.29. The van der Waals surface area contributed by atoms with Crippen LogP contribution in [0.1, 0.15) is 32.4 Å². The monoisotopic (exact) mass is 244 g/mol. The molecule has 0 aliphatic carbocycles. The molecule has 0 spiro atoms. The highest BCUT2D eigenvalue weighted by molar-refractivity contribution is 8.00. The number of halogens is 1. The molecule has 4 heteroatoms. The Bertz CT molecular complexity index is 353. The van der Waals surface area contributed by atoms with Crippen LogP contribution in [0.3, 0.4) is 0 Å². The minimum atomic E-state index is -0.664. The lowest BCUT2D eigenvalue weighted by Gasteiger charge is -2.15. The molecule has 0 saturated heterocycles. The Morgan fingerprint density at radius 3 is 2.25 bits per heavy atom. The van der Waals surface area contributed by atoms with E-state index in [0.717, 1.165) is 0 Å². The molecule has 1 rings (SSSR count). The summed E-state index contributed by atoms with van der Waals surface area (Å²) in [5.74, 6) is -0.351. The third-order valence-electron chi connectivity index (χ3n) is 2.43. The fourth-order valence-electron chi connectivity index (χ4n) is 1.17. The summed E-state index contributed by atoms with van der Waals surface area (Å²) in [6.07, 6.45) is -1.15. The molecule has 0 radical (unpaired) electrons. The number of hydrogen-bond donors (Lipinski definition) is 2. The molecule has 3 atom stereocenters. The van der Waals surface area contributed by atoms with Crippen molar-refractivity contribution in [3.8, 4) is 0 Å². The topological polar surface area (TPSA) is 40.5 Å². The molecular weight excluding hydrogens is 227 g/mol. The molecule has 16 heavy (non-hydrogen) atoms. The summed E-state index contributed by atoms with van der Waals surface area (Å²) < 4.78 is 13.6. The van der Waals surface area contributed by atoms with Crippen LogP contribution in [-0.4, -0.2) is 21.6 Å². The van der Waals surface area contributed by atoms with Crippen molar-refractivity contribution >= 4 is 11.8 Å². The van der Waals surface area contributed by atoms with Gasteiger partial charge in [0.05, 0.1) is 12.2 Å². The Morgan fingerprint density at radius 1 is 1.19 bits per heavy atom. The largest absolute Gasteiger partial charge is 0.392 e. The fraction of sp³-hybridized carbons (Fsp3) is 0.500. The first-order chi connectivity index (χ1) is 7.41. The zero-order chi connectivity index (χ0) is 12.3. The van der Waals surface area contributed by atoms with Crippen molar-refractivity contribution in [1.29, 1.82) is 0 Å². The summed E-state index contributed by atoms with van der Waals surface area (Å²) in [7, 11) is 0. The van der Waals surface area contributed by atoms with Crippen LogP contribution in [0.15, 0.2) is 23.1 Å². The molecule has 90 valence electrons. The van der Waals surface area contributed by atoms with E-state index in [4.69, 9.17) is 0 Å². The Morgan fingerprint density at radius 2 is 1.81 bits per heavy atom. The van der Waals surface area contributed by atoms with Gasteiger partial charge in [0.25, 0.3) is 0 Å². The number of thioether (sulfide) groups is 1. The van der Waals surface area contributed by atoms with Crippen LogP contribution in [0.25, 0.3) is 0 Å². The van der Waals surface area contributed by atoms with Gasteiger partial charge >= 0.3 is 0 Å². The van der Waals surface area contributed by atoms with E-state index in [-0.39, 0.29) is 11.1 Å². The predicted molar refractivity (Wildman–Crippen MR) is 64.0 cm³/mol. The van der Waals surface area contributed by atoms with Crippen molar-refractivity contribution in [2.24, 2.45) is 0 Å². The molecule has 0 amide bonds. The van der Waals surface area contributed by atoms with Gasteiger partial charge in [-0.1, -0.05) is 13.0 Å². The number of hydrogen-bond acceptors (Lipinski definition) is 3. The first kappa shape index (κ1) is 13.5. The SMILES string of the molecule is CC(O)c1ccc(SC(C)C(C)O)c(F)c1. The lowest BCUT2D eigenvalue weighted by atomic mass is 10.1. The van der Waals surface area contributed by atoms with E-state index in [1.807, 2.05) is 6.92 Å². The highest BCUT2D eigenvalue weighted by Gasteiger charge is 2.14. The smallest absolute Gasteiger partial charge is 0.137 e. The minimum Gasteiger partial charge on any atom is -0.392 e. The first-order valence-electron chi connectivity index (χ1n) is 5.24. The van der Waals surface area contributed by atoms with Crippen molar-refractivity contribution in [3.05, 3.63) is 29.6 Å². The predicted octanol–water partition coefficient (Wildman–Crippen LogP) is 2.74. The Kier molecular flexibility index (Phi) is 4.77. The number of benzene rings is 1. The lowest BCUT2D eigenvalue weighted by molar-refractivity contribution is 0.196. The Hall–Kier alpha value is -0.580. The zero-order valence-corrected chi connectivity index (χ0v) is 10.5. The minimum absolute atomic E-state index is 0.0631. The van der Waals surface area contributed by atoms with E-state index in [2.05, 4.69) is 0 Å². The molecule has 0 saturated carbocycles. The highest BCUT2D eigenvalue weighted by atomic mass is 32.2. The Balaban J connectivity index is 2.83. The second kappa shape index (κ2) is 5.66. The average molecular weight is 244 g/mol. The van der Waals surface area contributed by atoms with Crippen LogP contribution in [-0.2, 0) is 0 Å². The van der Waals surface area contributed by atoms with Crippen LogP contribution in [0.2, 0.25) is 0 Å². The summed E-state index contributed by atoms with van der Waals surface area (Å²) in [4.78, 5) is 0.498. The van der Waals surface area contributed by atoms with E-state index in [1.54, 1.807) is 26.0 Å². The standard InChI is InChI=1S/C12H17FO2S/c1-7(14)9(3)16-12-5-4-10(8(2)15)6-11(12)13/h4-9,14-15H,1-3H3. The van der Waals surface area contributed by atoms with Gasteiger partial charge in [0, 0.05) is 10.1 Å². The van der Waals surface area contributed by atoms with Crippen LogP contribution in [0.4, 0.5) is 4.39 Å². The molecular formula is C12H17FO2S. The summed E-state index contributed by atoms with van der Waals surface area (Å²) in [5, 5.41) is 18.6. The quantitative estimate of drug-likeness (QED) is 0.800. The normalized spacial score (nSPS) is 16.9. The summed E-state index contributed by atoms with van der Waals surface area (Å²) in [6, 6.07) is 4.67. The second-order valence-corrected chi connectivity index (χ2v) is 5.35. The number of rotatable bonds is 4. The van der Waals surface area contributed by atoms with Crippen LogP contribution in [0.5, 0.6) is 0 Å². The highest BCUT2D eigenvalue weighted by Crippen LogP contribution is 2.29. The van der Waals surface area contributed by atoms with Gasteiger partial charge in [-0.15, -0.1) is 11.8 Å². The van der Waals surface area contributed by atoms with Gasteiger partial charge in [-0.2, -0.15) is 0 Å². The molecule has 0 aliphatic heterocycles. The maximum Gasteiger partial charge on any atom is 0.137 e. The molecule has 1 aromatic rings. The van der Waals surface area contributed by atoms with E-state index in [1.165, 1.54) is 17.8 Å². The van der Waals surface area contributed by atoms with Crippen LogP contribution >= 0.6 is 11.8 Å². The van der Waals surface area contributed by atoms with Gasteiger partial charge in [-0.25, -0.2) is 4.39 Å². The zero-order valence-electron chi connectivity index (χ0n) is 9.64. The third kappa shape index (κ3) is 3.47. The van der Waals surface area contributed by atoms with E-state index in [9.17, 15) is 14.6 Å². The lowest BCUT2D eigenvalue weighted by Crippen LogP contribution is -2.15. The van der Waals surface area contributed by atoms with Gasteiger partial charge in [-0.05, 0) is 31.5 Å². The molecule has 1 aromatic carbocycles. The number of aliphatic hydroxyl groups excluding tert-OH is 2. The fourth-order valence-corrected chi connectivity index (χ4v) is 2.09. The number of aliphatic hydroxyl groups is 2. The van der Waals surface area contributed by atoms with Crippen molar-refractivity contribution in [2.45, 2.75) is 43.1 Å². The molecule has 0 aliphatic rings. The van der Waals surface area contributed by atoms with Crippen LogP contribution in [0, 0.1) is 5.82 Å². The molecule has 2 N–H and O–H groups in total. The third-order valence-corrected chi connectivity index (χ3v) is 3.78. The van der Waals surface area contributed by atoms with Crippen molar-refractivity contribution in [2.75, 3.05) is 0 Å². The van der Waals surface area contributed by atoms with Crippen LogP contribution < -0.4 is 0 Å². The summed E-state index contributed by atoms with van der Waals surface area (Å²) in [6.45, 7) is 5.12. The molecule has 0 bridgehead atoms. The first-order valence-corrected chi connectivity index (χ1v) is 6.12. The van der Waals surface area contributed by atoms with Gasteiger partial charge in [0.1, 0.15) is 5.82 Å². The van der Waals surface area contributed by atoms with Gasteiger partial charge in [0.2, 0.25) is 0 Å². The van der Waals surface area contributed by atoms with E-state index in [0.29, 0.717) is 10.5 Å². The maximum atomic E-state index is 13.6. The second-order valence-electron chi connectivity index (χ2n) is 3.93. The Labute approximate surface area is 99.5 Å². The van der Waals surface area contributed by atoms with E-state index >= 15 is 0 Å². The van der Waals surface area contributed by atoms with Crippen molar-refractivity contribution in [1.82, 2.24) is 0 Å². The molecule has 0 aromatic heterocycles. The molecule has 0 fully saturated rings. The molecule has 0 heterocycles. The van der Waals surface area contributed by atoms with Crippen molar-refractivity contribution in [3.63, 3.8) is 0 Å². The average Bonchev–Trinajstić information content (AvgIpc) is 2.20. The molecule has 2 nitrogen and oxygen atoms in total. The maximum absolute atomic E-state index is 13.6. The summed E-state index contributed by atoms with van der Waals surface area (Å²) in [5.41, 5.74) is 0.562. The van der Waals surface area contributed by atoms with E-state index < -0.39 is 12.2 Å². The van der Waals surface area contributed by atoms with Gasteiger partial charge < -0.3 is 10.2 Å². The molecule has 3 unspecified atom stereocenters. The van der Waals surface area contributed by atoms with Gasteiger partial charge in [-0.3, -0.25) is 0 Å². The van der Waals surface area contributed by atoms with Crippen molar-refractivity contribution < 1.29 is 14.6 Å². The van der Waals surface area contributed by atoms with Gasteiger partial charge in [0.15, 0.2) is 0 Å².